The standard InChI is InChI=1S/C20H16ClFN4O2/c1-10(24-18-15(22)8-12(9-23)17(21)25-18)16(11-6-7-11)26-19(27)13-4-2-3-5-14(13)20(26)28/h2-5,8,10-11,16H,6-7H2,1H3,(H,24,25)/t10-,16+/m1/s1. The zero-order valence-corrected chi connectivity index (χ0v) is 15.7. The molecule has 28 heavy (non-hydrogen) atoms. The summed E-state index contributed by atoms with van der Waals surface area (Å²) in [4.78, 5) is 30.9. The van der Waals surface area contributed by atoms with Crippen molar-refractivity contribution < 1.29 is 14.0 Å². The number of hydrogen-bond donors (Lipinski definition) is 1. The van der Waals surface area contributed by atoms with Gasteiger partial charge in [-0.1, -0.05) is 23.7 Å². The number of imide groups is 1. The summed E-state index contributed by atoms with van der Waals surface area (Å²) in [5.41, 5.74) is 0.712. The number of nitrogens with zero attached hydrogens (tertiary/aromatic N) is 3. The highest BCUT2D eigenvalue weighted by Crippen LogP contribution is 2.40. The quantitative estimate of drug-likeness (QED) is 0.614. The Balaban J connectivity index is 1.63. The lowest BCUT2D eigenvalue weighted by Crippen LogP contribution is -2.50. The first-order chi connectivity index (χ1) is 13.4. The second-order valence-electron chi connectivity index (χ2n) is 7.06. The highest BCUT2D eigenvalue weighted by Gasteiger charge is 2.48. The van der Waals surface area contributed by atoms with E-state index in [2.05, 4.69) is 10.3 Å². The Kier molecular flexibility index (Phi) is 4.52. The molecule has 142 valence electrons. The molecule has 1 saturated carbocycles. The molecule has 2 atom stereocenters. The highest BCUT2D eigenvalue weighted by molar-refractivity contribution is 6.30. The van der Waals surface area contributed by atoms with Crippen molar-refractivity contribution in [2.24, 2.45) is 5.92 Å². The number of anilines is 1. The molecule has 2 heterocycles. The van der Waals surface area contributed by atoms with E-state index in [1.165, 1.54) is 4.90 Å². The summed E-state index contributed by atoms with van der Waals surface area (Å²) < 4.78 is 14.3. The van der Waals surface area contributed by atoms with Crippen LogP contribution in [0.5, 0.6) is 0 Å². The molecule has 1 aromatic carbocycles. The van der Waals surface area contributed by atoms with Gasteiger partial charge < -0.3 is 5.32 Å². The molecule has 0 unspecified atom stereocenters. The summed E-state index contributed by atoms with van der Waals surface area (Å²) in [6.45, 7) is 1.78. The molecule has 4 rings (SSSR count). The largest absolute Gasteiger partial charge is 0.363 e. The Morgan fingerprint density at radius 1 is 1.29 bits per heavy atom. The summed E-state index contributed by atoms with van der Waals surface area (Å²) in [5.74, 6) is -1.36. The normalized spacial score (nSPS) is 17.9. The number of nitrogens with one attached hydrogen (secondary N) is 1. The van der Waals surface area contributed by atoms with Crippen molar-refractivity contribution in [2.75, 3.05) is 5.32 Å². The van der Waals surface area contributed by atoms with E-state index in [1.807, 2.05) is 0 Å². The van der Waals surface area contributed by atoms with Gasteiger partial charge in [-0.2, -0.15) is 5.26 Å². The predicted octanol–water partition coefficient (Wildman–Crippen LogP) is 3.62. The SMILES string of the molecule is C[C@@H](Nc1nc(Cl)c(C#N)cc1F)[C@@H](C1CC1)N1C(=O)c2ccccc2C1=O. The van der Waals surface area contributed by atoms with Gasteiger partial charge in [0.2, 0.25) is 0 Å². The average molecular weight is 399 g/mol. The topological polar surface area (TPSA) is 86.1 Å². The number of hydrogen-bond acceptors (Lipinski definition) is 5. The number of aromatic nitrogens is 1. The van der Waals surface area contributed by atoms with E-state index in [9.17, 15) is 14.0 Å². The monoisotopic (exact) mass is 398 g/mol. The van der Waals surface area contributed by atoms with Crippen molar-refractivity contribution in [3.8, 4) is 6.07 Å². The van der Waals surface area contributed by atoms with Crippen LogP contribution in [0.3, 0.4) is 0 Å². The van der Waals surface area contributed by atoms with E-state index >= 15 is 0 Å². The van der Waals surface area contributed by atoms with Gasteiger partial charge in [0.05, 0.1) is 22.7 Å². The zero-order chi connectivity index (χ0) is 20.0. The molecule has 0 bridgehead atoms. The van der Waals surface area contributed by atoms with Gasteiger partial charge in [0.25, 0.3) is 11.8 Å². The molecule has 2 aromatic rings. The van der Waals surface area contributed by atoms with Gasteiger partial charge in [-0.05, 0) is 43.9 Å². The second-order valence-corrected chi connectivity index (χ2v) is 7.41. The fraction of sp³-hybridized carbons (Fsp3) is 0.300. The van der Waals surface area contributed by atoms with Crippen LogP contribution >= 0.6 is 11.6 Å². The zero-order valence-electron chi connectivity index (χ0n) is 14.9. The Bertz CT molecular complexity index is 996. The smallest absolute Gasteiger partial charge is 0.261 e. The number of carbonyl (C=O) groups excluding carboxylic acids is 2. The van der Waals surface area contributed by atoms with Gasteiger partial charge in [-0.3, -0.25) is 14.5 Å². The summed E-state index contributed by atoms with van der Waals surface area (Å²) >= 11 is 5.91. The minimum Gasteiger partial charge on any atom is -0.363 e. The van der Waals surface area contributed by atoms with E-state index in [4.69, 9.17) is 16.9 Å². The number of carbonyl (C=O) groups is 2. The maximum atomic E-state index is 14.3. The molecule has 1 N–H and O–H groups in total. The van der Waals surface area contributed by atoms with Crippen LogP contribution in [0.15, 0.2) is 30.3 Å². The maximum Gasteiger partial charge on any atom is 0.261 e. The van der Waals surface area contributed by atoms with Gasteiger partial charge in [-0.25, -0.2) is 9.37 Å². The molecule has 2 amide bonds. The molecule has 0 radical (unpaired) electrons. The van der Waals surface area contributed by atoms with Crippen LogP contribution in [0, 0.1) is 23.1 Å². The van der Waals surface area contributed by atoms with Gasteiger partial charge in [0.1, 0.15) is 11.2 Å². The number of amides is 2. The van der Waals surface area contributed by atoms with Crippen LogP contribution in [0.1, 0.15) is 46.0 Å². The Hall–Kier alpha value is -2.98. The lowest BCUT2D eigenvalue weighted by atomic mass is 10.0. The molecule has 1 aromatic heterocycles. The Labute approximate surface area is 165 Å². The molecule has 1 fully saturated rings. The molecular formula is C20H16ClFN4O2. The maximum absolute atomic E-state index is 14.3. The Morgan fingerprint density at radius 2 is 1.89 bits per heavy atom. The molecule has 0 saturated heterocycles. The van der Waals surface area contributed by atoms with E-state index in [0.717, 1.165) is 18.9 Å². The average Bonchev–Trinajstić information content (AvgIpc) is 3.48. The predicted molar refractivity (Wildman–Crippen MR) is 100 cm³/mol. The van der Waals surface area contributed by atoms with Crippen molar-refractivity contribution in [1.82, 2.24) is 9.88 Å². The molecule has 1 aliphatic carbocycles. The first kappa shape index (κ1) is 18.4. The lowest BCUT2D eigenvalue weighted by Gasteiger charge is -2.32. The Morgan fingerprint density at radius 3 is 2.43 bits per heavy atom. The van der Waals surface area contributed by atoms with Gasteiger partial charge in [0, 0.05) is 6.04 Å². The van der Waals surface area contributed by atoms with Crippen LogP contribution in [-0.2, 0) is 0 Å². The second kappa shape index (κ2) is 6.88. The van der Waals surface area contributed by atoms with Crippen LogP contribution in [0.25, 0.3) is 0 Å². The van der Waals surface area contributed by atoms with Crippen molar-refractivity contribution in [3.05, 3.63) is 58.0 Å². The molecule has 8 heteroatoms. The number of fused-ring (bicyclic) bond motifs is 1. The fourth-order valence-corrected chi connectivity index (χ4v) is 3.89. The van der Waals surface area contributed by atoms with E-state index in [1.54, 1.807) is 37.3 Å². The third-order valence-corrected chi connectivity index (χ3v) is 5.44. The summed E-state index contributed by atoms with van der Waals surface area (Å²) in [6, 6.07) is 8.61. The third kappa shape index (κ3) is 3.00. The molecule has 2 aliphatic rings. The van der Waals surface area contributed by atoms with Crippen molar-refractivity contribution in [1.29, 1.82) is 5.26 Å². The van der Waals surface area contributed by atoms with Crippen molar-refractivity contribution in [3.63, 3.8) is 0 Å². The fourth-order valence-electron chi connectivity index (χ4n) is 3.71. The van der Waals surface area contributed by atoms with E-state index < -0.39 is 17.9 Å². The highest BCUT2D eigenvalue weighted by atomic mass is 35.5. The molecule has 1 aliphatic heterocycles. The minimum absolute atomic E-state index is 0.0588. The first-order valence-electron chi connectivity index (χ1n) is 8.92. The summed E-state index contributed by atoms with van der Waals surface area (Å²) in [7, 11) is 0. The number of benzene rings is 1. The lowest BCUT2D eigenvalue weighted by molar-refractivity contribution is 0.0549. The molecule has 0 spiro atoms. The van der Waals surface area contributed by atoms with Gasteiger partial charge in [-0.15, -0.1) is 0 Å². The molecular weight excluding hydrogens is 383 g/mol. The van der Waals surface area contributed by atoms with Gasteiger partial charge in [0.15, 0.2) is 11.6 Å². The number of pyridine rings is 1. The summed E-state index contributed by atoms with van der Waals surface area (Å²) in [6.07, 6.45) is 1.77. The minimum atomic E-state index is -0.718. The van der Waals surface area contributed by atoms with Gasteiger partial charge >= 0.3 is 0 Å². The van der Waals surface area contributed by atoms with Crippen LogP contribution in [0.2, 0.25) is 5.15 Å². The van der Waals surface area contributed by atoms with Crippen LogP contribution < -0.4 is 5.32 Å². The van der Waals surface area contributed by atoms with E-state index in [-0.39, 0.29) is 34.3 Å². The number of halogens is 2. The van der Waals surface area contributed by atoms with Crippen LogP contribution in [-0.4, -0.2) is 33.8 Å². The number of rotatable bonds is 5. The summed E-state index contributed by atoms with van der Waals surface area (Å²) in [5, 5.41) is 11.8. The third-order valence-electron chi connectivity index (χ3n) is 5.16. The van der Waals surface area contributed by atoms with Crippen molar-refractivity contribution >= 4 is 29.2 Å². The van der Waals surface area contributed by atoms with E-state index in [0.29, 0.717) is 11.1 Å². The first-order valence-corrected chi connectivity index (χ1v) is 9.29. The number of nitriles is 1. The molecule has 6 nitrogen and oxygen atoms in total. The van der Waals surface area contributed by atoms with Crippen LogP contribution in [0.4, 0.5) is 10.2 Å². The van der Waals surface area contributed by atoms with Crippen molar-refractivity contribution in [2.45, 2.75) is 31.8 Å².